The van der Waals surface area contributed by atoms with Crippen LogP contribution in [0, 0.1) is 5.41 Å². The number of ether oxygens (including phenoxy) is 1. The Morgan fingerprint density at radius 1 is 0.859 bits per heavy atom. The predicted molar refractivity (Wildman–Crippen MR) is 265 cm³/mol. The Balaban J connectivity index is 1.29. The fourth-order valence-corrected chi connectivity index (χ4v) is 9.92. The highest BCUT2D eigenvalue weighted by Gasteiger charge is 2.50. The quantitative estimate of drug-likeness (QED) is 0.0242. The molecule has 0 bridgehead atoms. The number of nitrogens with two attached hydrogens (primary N) is 1. The number of nitrogens with zero attached hydrogens (tertiary/aromatic N) is 4. The van der Waals surface area contributed by atoms with E-state index in [1.165, 1.54) is 33.1 Å². The van der Waals surface area contributed by atoms with Crippen molar-refractivity contribution in [1.29, 1.82) is 0 Å². The smallest absolute Gasteiger partial charge is 0.386 e. The Kier molecular flexibility index (Phi) is 27.0. The molecule has 71 heavy (non-hydrogen) atoms. The molecule has 3 rings (SSSR count). The molecule has 1 aliphatic heterocycles. The Morgan fingerprint density at radius 2 is 1.46 bits per heavy atom. The number of hydrogen-bond donors (Lipinski definition) is 9. The van der Waals surface area contributed by atoms with Gasteiger partial charge in [-0.05, 0) is 44.9 Å². The van der Waals surface area contributed by atoms with Gasteiger partial charge < -0.3 is 50.9 Å². The third-order valence-corrected chi connectivity index (χ3v) is 14.2. The van der Waals surface area contributed by atoms with Gasteiger partial charge in [-0.1, -0.05) is 106 Å². The number of nitrogen functional groups attached to an aromatic ring is 1. The minimum Gasteiger partial charge on any atom is -0.386 e. The minimum atomic E-state index is -5.58. The Morgan fingerprint density at radius 3 is 2.08 bits per heavy atom. The van der Waals surface area contributed by atoms with E-state index in [4.69, 9.17) is 19.5 Å². The maximum atomic E-state index is 12.7. The average molecular weight is 1080 g/mol. The van der Waals surface area contributed by atoms with Gasteiger partial charge in [0, 0.05) is 37.1 Å². The molecule has 0 radical (unpaired) electrons. The van der Waals surface area contributed by atoms with E-state index in [0.717, 1.165) is 61.1 Å². The highest BCUT2D eigenvalue weighted by Crippen LogP contribution is 2.61. The molecule has 1 aliphatic rings. The molecule has 0 aliphatic carbocycles. The van der Waals surface area contributed by atoms with Crippen LogP contribution in [0.4, 0.5) is 5.82 Å². The number of unbranched alkanes of at least 4 members (excludes halogenated alkanes) is 3. The Bertz CT molecular complexity index is 2310. The van der Waals surface area contributed by atoms with E-state index in [0.29, 0.717) is 18.6 Å². The lowest BCUT2D eigenvalue weighted by atomic mass is 9.87. The summed E-state index contributed by atoms with van der Waals surface area (Å²) in [5, 5.41) is 26.6. The molecule has 0 saturated carbocycles. The number of aliphatic hydroxyl groups excluding tert-OH is 2. The number of carbonyl (C=O) groups is 3. The van der Waals surface area contributed by atoms with Gasteiger partial charge in [-0.2, -0.15) is 4.31 Å². The Labute approximate surface area is 417 Å². The molecular formula is C43H68N7O17P3S. The van der Waals surface area contributed by atoms with Gasteiger partial charge in [-0.3, -0.25) is 32.5 Å². The number of rotatable bonds is 34. The maximum Gasteiger partial charge on any atom is 0.481 e. The van der Waals surface area contributed by atoms with Crippen molar-refractivity contribution in [3.8, 4) is 0 Å². The van der Waals surface area contributed by atoms with Crippen LogP contribution in [0.3, 0.4) is 0 Å². The SMILES string of the molecule is CCCCC/C=C\C/C=C\C/C=C\C/C=C\C/C=C\CCC(=O)SCCNC(=O)CCNC(=O)C(O)C(C)(C)COP(=O)(O)OP(=O)(O)OC[C@H]1O[C@@H](n2cnc3c(N)ncnc32)[C@H](O)[C@@H]1OP(=O)(O)O. The van der Waals surface area contributed by atoms with E-state index < -0.39 is 84.6 Å². The van der Waals surface area contributed by atoms with Crippen LogP contribution < -0.4 is 16.4 Å². The van der Waals surface area contributed by atoms with Gasteiger partial charge in [0.25, 0.3) is 0 Å². The van der Waals surface area contributed by atoms with Crippen molar-refractivity contribution in [2.45, 2.75) is 122 Å². The van der Waals surface area contributed by atoms with E-state index in [-0.39, 0.29) is 41.6 Å². The number of phosphoric acid groups is 3. The van der Waals surface area contributed by atoms with Gasteiger partial charge in [-0.15, -0.1) is 0 Å². The number of amides is 2. The molecule has 2 aromatic rings. The van der Waals surface area contributed by atoms with Crippen molar-refractivity contribution in [3.05, 3.63) is 73.4 Å². The van der Waals surface area contributed by atoms with Crippen LogP contribution in [0.15, 0.2) is 73.4 Å². The summed E-state index contributed by atoms with van der Waals surface area (Å²) >= 11 is 1.10. The second-order valence-corrected chi connectivity index (χ2v) is 22.0. The normalized spacial score (nSPS) is 20.2. The summed E-state index contributed by atoms with van der Waals surface area (Å²) in [5.74, 6) is -1.11. The summed E-state index contributed by atoms with van der Waals surface area (Å²) in [6.45, 7) is 2.70. The van der Waals surface area contributed by atoms with Gasteiger partial charge >= 0.3 is 23.5 Å². The first-order valence-corrected chi connectivity index (χ1v) is 28.4. The molecule has 3 unspecified atom stereocenters. The predicted octanol–water partition coefficient (Wildman–Crippen LogP) is 5.37. The van der Waals surface area contributed by atoms with Crippen LogP contribution in [0.5, 0.6) is 0 Å². The number of aliphatic hydroxyl groups is 2. The molecule has 1 fully saturated rings. The number of thioether (sulfide) groups is 1. The van der Waals surface area contributed by atoms with Crippen molar-refractivity contribution in [3.63, 3.8) is 0 Å². The van der Waals surface area contributed by atoms with Crippen LogP contribution in [0.25, 0.3) is 11.2 Å². The second-order valence-electron chi connectivity index (χ2n) is 16.6. The number of phosphoric ester groups is 3. The van der Waals surface area contributed by atoms with Gasteiger partial charge in [-0.25, -0.2) is 28.6 Å². The van der Waals surface area contributed by atoms with Crippen LogP contribution in [0.1, 0.15) is 97.6 Å². The van der Waals surface area contributed by atoms with E-state index in [1.807, 2.05) is 12.2 Å². The van der Waals surface area contributed by atoms with Gasteiger partial charge in [0.1, 0.15) is 36.3 Å². The molecule has 2 aromatic heterocycles. The molecular weight excluding hydrogens is 1010 g/mol. The summed E-state index contributed by atoms with van der Waals surface area (Å²) in [7, 11) is -16.4. The first-order chi connectivity index (χ1) is 33.6. The number of imidazole rings is 1. The number of fused-ring (bicyclic) bond motifs is 1. The van der Waals surface area contributed by atoms with E-state index in [9.17, 15) is 57.9 Å². The number of allylic oxidation sites excluding steroid dienone is 10. The summed E-state index contributed by atoms with van der Waals surface area (Å²) in [5.41, 5.74) is 4.27. The summed E-state index contributed by atoms with van der Waals surface area (Å²) in [6, 6.07) is 0. The van der Waals surface area contributed by atoms with Crippen molar-refractivity contribution >= 4 is 69.1 Å². The maximum absolute atomic E-state index is 12.7. The van der Waals surface area contributed by atoms with Crippen molar-refractivity contribution in [2.24, 2.45) is 5.41 Å². The minimum absolute atomic E-state index is 0.0152. The molecule has 398 valence electrons. The van der Waals surface area contributed by atoms with Gasteiger partial charge in [0.2, 0.25) is 11.8 Å². The molecule has 0 aromatic carbocycles. The summed E-state index contributed by atoms with van der Waals surface area (Å²) < 4.78 is 62.4. The molecule has 28 heteroatoms. The summed E-state index contributed by atoms with van der Waals surface area (Å²) in [4.78, 5) is 88.4. The molecule has 1 saturated heterocycles. The standard InChI is InChI=1S/C43H68N7O17P3S/c1-4-5-6-7-8-9-10-11-12-13-14-15-16-17-18-19-20-21-22-23-34(52)71-27-26-45-33(51)24-25-46-41(55)38(54)43(2,3)29-64-70(61,62)67-69(59,60)63-28-32-37(66-68(56,57)58)36(53)42(65-32)50-31-49-35-39(44)47-30-48-40(35)50/h8-9,11-12,14-15,17-18,20-21,30-32,36-38,42,53-54H,4-7,10,13,16,19,22-29H2,1-3H3,(H,45,51)(H,46,55)(H,59,60)(H,61,62)(H2,44,47,48)(H2,56,57,58)/b9-8-,12-11-,15-14-,18-17-,21-20-/t32-,36-,37-,38?,42-/m1/s1. The third kappa shape index (κ3) is 23.8. The number of aromatic nitrogens is 4. The molecule has 7 atom stereocenters. The zero-order chi connectivity index (χ0) is 52.5. The third-order valence-electron chi connectivity index (χ3n) is 10.2. The highest BCUT2D eigenvalue weighted by molar-refractivity contribution is 8.13. The van der Waals surface area contributed by atoms with E-state index in [2.05, 4.69) is 90.0 Å². The highest BCUT2D eigenvalue weighted by atomic mass is 32.2. The van der Waals surface area contributed by atoms with E-state index >= 15 is 0 Å². The zero-order valence-electron chi connectivity index (χ0n) is 39.9. The number of carbonyl (C=O) groups excluding carboxylic acids is 3. The fraction of sp³-hybridized carbons (Fsp3) is 0.581. The summed E-state index contributed by atoms with van der Waals surface area (Å²) in [6.07, 6.45) is 23.7. The van der Waals surface area contributed by atoms with Crippen molar-refractivity contribution in [2.75, 3.05) is 37.8 Å². The molecule has 24 nitrogen and oxygen atoms in total. The first kappa shape index (κ1) is 61.6. The largest absolute Gasteiger partial charge is 0.481 e. The lowest BCUT2D eigenvalue weighted by molar-refractivity contribution is -0.137. The molecule has 2 amide bonds. The first-order valence-electron chi connectivity index (χ1n) is 22.9. The van der Waals surface area contributed by atoms with E-state index in [1.54, 1.807) is 0 Å². The monoisotopic (exact) mass is 1080 g/mol. The second kappa shape index (κ2) is 31.1. The Hall–Kier alpha value is -3.74. The lowest BCUT2D eigenvalue weighted by Crippen LogP contribution is -2.46. The number of nitrogens with one attached hydrogen (secondary N) is 2. The average Bonchev–Trinajstić information content (AvgIpc) is 3.86. The number of anilines is 1. The molecule has 10 N–H and O–H groups in total. The lowest BCUT2D eigenvalue weighted by Gasteiger charge is -2.30. The van der Waals surface area contributed by atoms with Crippen LogP contribution in [0.2, 0.25) is 0 Å². The topological polar surface area (TPSA) is 364 Å². The fourth-order valence-electron chi connectivity index (χ4n) is 6.40. The van der Waals surface area contributed by atoms with Gasteiger partial charge in [0.15, 0.2) is 22.8 Å². The molecule has 3 heterocycles. The van der Waals surface area contributed by atoms with Crippen LogP contribution >= 0.6 is 35.2 Å². The van der Waals surface area contributed by atoms with Crippen LogP contribution in [-0.4, -0.2) is 123 Å². The van der Waals surface area contributed by atoms with Crippen LogP contribution in [-0.2, 0) is 50.7 Å². The molecule has 0 spiro atoms. The van der Waals surface area contributed by atoms with Gasteiger partial charge in [0.05, 0.1) is 19.5 Å². The number of hydrogen-bond acceptors (Lipinski definition) is 18. The van der Waals surface area contributed by atoms with Crippen molar-refractivity contribution in [1.82, 2.24) is 30.2 Å². The van der Waals surface area contributed by atoms with Crippen molar-refractivity contribution < 1.29 is 80.5 Å². The zero-order valence-corrected chi connectivity index (χ0v) is 43.4.